The summed E-state index contributed by atoms with van der Waals surface area (Å²) in [6.45, 7) is 28.0. The van der Waals surface area contributed by atoms with Gasteiger partial charge >= 0.3 is 0 Å². The van der Waals surface area contributed by atoms with Crippen LogP contribution in [0.4, 0.5) is 34.1 Å². The molecule has 5 heterocycles. The van der Waals surface area contributed by atoms with E-state index in [4.69, 9.17) is 4.42 Å². The second-order valence-electron chi connectivity index (χ2n) is 32.1. The fourth-order valence-electron chi connectivity index (χ4n) is 16.4. The first kappa shape index (κ1) is 61.3. The predicted octanol–water partition coefficient (Wildman–Crippen LogP) is 24.1. The van der Waals surface area contributed by atoms with Crippen LogP contribution in [0, 0.1) is 0 Å². The molecule has 0 spiro atoms. The molecule has 0 saturated carbocycles. The maximum absolute atomic E-state index is 7.19. The Kier molecular flexibility index (Phi) is 13.6. The number of hydrogen-bond acceptors (Lipinski definition) is 3. The molecule has 3 aromatic heterocycles. The van der Waals surface area contributed by atoms with Crippen molar-refractivity contribution < 1.29 is 4.42 Å². The van der Waals surface area contributed by atoms with Gasteiger partial charge in [0.05, 0.1) is 33.4 Å². The number of hydrogen-bond donors (Lipinski definition) is 0. The average Bonchev–Trinajstić information content (AvgIpc) is 0.921. The first-order valence-electron chi connectivity index (χ1n) is 35.6. The van der Waals surface area contributed by atoms with Gasteiger partial charge in [-0.3, -0.25) is 0 Å². The van der Waals surface area contributed by atoms with E-state index in [1.54, 1.807) is 0 Å². The molecule has 13 aromatic carbocycles. The molecule has 16 aromatic rings. The van der Waals surface area contributed by atoms with Crippen LogP contribution in [0.3, 0.4) is 0 Å². The average molecular weight is 1290 g/mol. The minimum Gasteiger partial charge on any atom is -0.454 e. The number of para-hydroxylation sites is 5. The number of benzene rings is 13. The van der Waals surface area contributed by atoms with Gasteiger partial charge < -0.3 is 23.4 Å². The molecule has 2 aliphatic rings. The number of nitrogens with zero attached hydrogens (tertiary/aromatic N) is 4. The number of rotatable bonds is 7. The Hall–Kier alpha value is -11.1. The van der Waals surface area contributed by atoms with Crippen LogP contribution >= 0.6 is 0 Å². The third-order valence-corrected chi connectivity index (χ3v) is 21.7. The molecule has 100 heavy (non-hydrogen) atoms. The van der Waals surface area contributed by atoms with Gasteiger partial charge in [-0.1, -0.05) is 271 Å². The van der Waals surface area contributed by atoms with E-state index < -0.39 is 0 Å². The van der Waals surface area contributed by atoms with Gasteiger partial charge in [0.15, 0.2) is 5.58 Å². The van der Waals surface area contributed by atoms with Crippen molar-refractivity contribution in [3.05, 3.63) is 295 Å². The van der Waals surface area contributed by atoms with Crippen molar-refractivity contribution in [1.29, 1.82) is 0 Å². The molecule has 0 amide bonds. The summed E-state index contributed by atoms with van der Waals surface area (Å²) in [6, 6.07) is 104. The highest BCUT2D eigenvalue weighted by Gasteiger charge is 2.46. The third kappa shape index (κ3) is 9.57. The van der Waals surface area contributed by atoms with Gasteiger partial charge in [0.1, 0.15) is 5.58 Å². The maximum atomic E-state index is 7.19. The topological polar surface area (TPSA) is 29.5 Å². The van der Waals surface area contributed by atoms with Crippen LogP contribution in [0.1, 0.15) is 105 Å². The molecule has 18 rings (SSSR count). The molecular weight excluding hydrogens is 1210 g/mol. The van der Waals surface area contributed by atoms with Crippen LogP contribution in [0.15, 0.2) is 277 Å². The van der Waals surface area contributed by atoms with Crippen LogP contribution < -0.4 is 26.2 Å². The zero-order valence-corrected chi connectivity index (χ0v) is 59.3. The Balaban J connectivity index is 1.02. The van der Waals surface area contributed by atoms with Crippen molar-refractivity contribution >= 4 is 123 Å². The van der Waals surface area contributed by atoms with Crippen LogP contribution in [0.2, 0.25) is 0 Å². The maximum Gasteiger partial charge on any atom is 0.252 e. The molecule has 0 unspecified atom stereocenters. The van der Waals surface area contributed by atoms with Crippen molar-refractivity contribution in [2.75, 3.05) is 9.80 Å². The zero-order valence-electron chi connectivity index (χ0n) is 59.3. The Morgan fingerprint density at radius 1 is 0.300 bits per heavy atom. The smallest absolute Gasteiger partial charge is 0.252 e. The van der Waals surface area contributed by atoms with Gasteiger partial charge in [-0.25, -0.2) is 0 Å². The van der Waals surface area contributed by atoms with Crippen molar-refractivity contribution in [2.45, 2.75) is 105 Å². The largest absolute Gasteiger partial charge is 0.454 e. The highest BCUT2D eigenvalue weighted by Crippen LogP contribution is 2.54. The Bertz CT molecular complexity index is 5930. The molecule has 0 fully saturated rings. The van der Waals surface area contributed by atoms with E-state index in [1.165, 1.54) is 99.0 Å². The van der Waals surface area contributed by atoms with Gasteiger partial charge in [0.25, 0.3) is 6.71 Å². The molecule has 2 aliphatic heterocycles. The lowest BCUT2D eigenvalue weighted by molar-refractivity contribution is 0.569. The van der Waals surface area contributed by atoms with Gasteiger partial charge in [0, 0.05) is 77.6 Å². The quantitative estimate of drug-likeness (QED) is 0.149. The molecule has 6 heteroatoms. The van der Waals surface area contributed by atoms with E-state index >= 15 is 0 Å². The van der Waals surface area contributed by atoms with Gasteiger partial charge in [-0.05, 0) is 167 Å². The van der Waals surface area contributed by atoms with Gasteiger partial charge in [-0.2, -0.15) is 0 Å². The summed E-state index contributed by atoms with van der Waals surface area (Å²) >= 11 is 0. The summed E-state index contributed by atoms with van der Waals surface area (Å²) < 4.78 is 12.2. The Morgan fingerprint density at radius 2 is 0.840 bits per heavy atom. The normalized spacial score (nSPS) is 13.3. The number of furan rings is 1. The van der Waals surface area contributed by atoms with Crippen molar-refractivity contribution in [3.8, 4) is 44.8 Å². The van der Waals surface area contributed by atoms with E-state index in [0.29, 0.717) is 0 Å². The second kappa shape index (κ2) is 22.2. The van der Waals surface area contributed by atoms with E-state index in [9.17, 15) is 0 Å². The second-order valence-corrected chi connectivity index (χ2v) is 32.1. The highest BCUT2D eigenvalue weighted by molar-refractivity contribution is 7.00. The first-order valence-corrected chi connectivity index (χ1v) is 35.6. The van der Waals surface area contributed by atoms with Crippen molar-refractivity contribution in [1.82, 2.24) is 9.13 Å². The van der Waals surface area contributed by atoms with Crippen LogP contribution in [-0.2, 0) is 21.7 Å². The zero-order chi connectivity index (χ0) is 68.5. The van der Waals surface area contributed by atoms with Crippen LogP contribution in [0.25, 0.3) is 110 Å². The highest BCUT2D eigenvalue weighted by atomic mass is 16.3. The van der Waals surface area contributed by atoms with E-state index in [-0.39, 0.29) is 28.4 Å². The number of anilines is 6. The monoisotopic (exact) mass is 1290 g/mol. The molecule has 0 bridgehead atoms. The SMILES string of the molecule is CC(C)(C)c1cc(-c2ccc3c(c2)B2c4ccc(-n5c6ccccc6c6ccc7c(c8ccccc8n7-c7ccccc7)c65)cc4N(c4c(-c5ccccc5)cc(C(C)(C)C)cc4-c4ccccc4)c4cc(C(C)(C)C)cc(c42)N3c2cccc3c2oc2ccccc23)cc(C(C)(C)C)c1. The molecule has 0 N–H and O–H groups in total. The van der Waals surface area contributed by atoms with Crippen molar-refractivity contribution in [2.24, 2.45) is 0 Å². The van der Waals surface area contributed by atoms with Crippen LogP contribution in [0.5, 0.6) is 0 Å². The first-order chi connectivity index (χ1) is 48.2. The summed E-state index contributed by atoms with van der Waals surface area (Å²) in [5.41, 5.74) is 30.5. The molecule has 0 aliphatic carbocycles. The van der Waals surface area contributed by atoms with Gasteiger partial charge in [-0.15, -0.1) is 0 Å². The van der Waals surface area contributed by atoms with Crippen LogP contribution in [-0.4, -0.2) is 15.8 Å². The molecule has 5 nitrogen and oxygen atoms in total. The number of aromatic nitrogens is 2. The summed E-state index contributed by atoms with van der Waals surface area (Å²) in [7, 11) is 0. The Morgan fingerprint density at radius 3 is 1.48 bits per heavy atom. The third-order valence-electron chi connectivity index (χ3n) is 21.7. The molecule has 0 saturated heterocycles. The predicted molar refractivity (Wildman–Crippen MR) is 428 cm³/mol. The summed E-state index contributed by atoms with van der Waals surface area (Å²) in [4.78, 5) is 5.30. The van der Waals surface area contributed by atoms with E-state index in [0.717, 1.165) is 84.1 Å². The fraction of sp³-hybridized carbons (Fsp3) is 0.170. The summed E-state index contributed by atoms with van der Waals surface area (Å²) in [5, 5.41) is 7.06. The standard InChI is InChI=1S/C94H81BN4O/c1-91(2,3)62-49-61(50-63(52-62)92(4,5)6)60-43-47-79-76(51-60)95-75-46-44-67(97-77-39-25-22-35-68(77)70-45-48-80-86(89(70)97)72-37-23-26-40-78(72)96(80)66-33-20-15-21-34-66)57-82(75)99(88-73(58-29-16-13-17-30-58)53-64(93(7,8)9)54-74(88)59-31-18-14-19-32-59)84-56-65(94(10,11)12)55-83(87(84)95)98(79)81-41-28-38-71-69-36-24-27-42-85(69)100-90(71)81/h13-57H,1-12H3. The molecule has 0 radical (unpaired) electrons. The minimum atomic E-state index is -0.299. The Labute approximate surface area is 587 Å². The van der Waals surface area contributed by atoms with Gasteiger partial charge in [0.2, 0.25) is 0 Å². The summed E-state index contributed by atoms with van der Waals surface area (Å²) in [5.74, 6) is 0. The van der Waals surface area contributed by atoms with Crippen molar-refractivity contribution in [3.63, 3.8) is 0 Å². The molecular formula is C94H81BN4O. The lowest BCUT2D eigenvalue weighted by atomic mass is 9.33. The summed E-state index contributed by atoms with van der Waals surface area (Å²) in [6.07, 6.45) is 0. The van der Waals surface area contributed by atoms with E-state index in [2.05, 4.69) is 375 Å². The van der Waals surface area contributed by atoms with E-state index in [1.807, 2.05) is 0 Å². The fourth-order valence-corrected chi connectivity index (χ4v) is 16.4. The lowest BCUT2D eigenvalue weighted by Crippen LogP contribution is -2.61. The molecule has 0 atom stereocenters. The lowest BCUT2D eigenvalue weighted by Gasteiger charge is -2.46. The minimum absolute atomic E-state index is 0.0856. The number of fused-ring (bicyclic) bond motifs is 14. The molecule has 486 valence electrons.